The summed E-state index contributed by atoms with van der Waals surface area (Å²) in [7, 11) is 0. The second-order valence-corrected chi connectivity index (χ2v) is 7.25. The van der Waals surface area contributed by atoms with Gasteiger partial charge in [-0.05, 0) is 55.8 Å². The highest BCUT2D eigenvalue weighted by molar-refractivity contribution is 7.18. The molecule has 27 heavy (non-hydrogen) atoms. The lowest BCUT2D eigenvalue weighted by molar-refractivity contribution is 0.100. The Bertz CT molecular complexity index is 1140. The molecule has 6 nitrogen and oxygen atoms in total. The molecule has 0 atom stereocenters. The van der Waals surface area contributed by atoms with E-state index in [0.717, 1.165) is 26.2 Å². The number of carbonyl (C=O) groups excluding carboxylic acids is 1. The summed E-state index contributed by atoms with van der Waals surface area (Å²) >= 11 is 1.61. The third-order valence-electron chi connectivity index (χ3n) is 4.27. The molecule has 0 saturated heterocycles. The normalized spacial score (nSPS) is 10.9. The van der Waals surface area contributed by atoms with E-state index in [1.165, 1.54) is 0 Å². The predicted molar refractivity (Wildman–Crippen MR) is 105 cm³/mol. The zero-order chi connectivity index (χ0) is 19.0. The van der Waals surface area contributed by atoms with E-state index >= 15 is 0 Å². The van der Waals surface area contributed by atoms with Crippen LogP contribution in [0.2, 0.25) is 0 Å². The number of amides is 1. The number of primary amides is 1. The van der Waals surface area contributed by atoms with E-state index in [1.807, 2.05) is 19.1 Å². The molecule has 0 aliphatic rings. The quantitative estimate of drug-likeness (QED) is 0.574. The number of hydrogen-bond acceptors (Lipinski definition) is 6. The second-order valence-electron chi connectivity index (χ2n) is 6.05. The zero-order valence-corrected chi connectivity index (χ0v) is 15.6. The predicted octanol–water partition coefficient (Wildman–Crippen LogP) is 4.26. The molecule has 2 N–H and O–H groups in total. The molecule has 0 saturated carbocycles. The van der Waals surface area contributed by atoms with Crippen LogP contribution < -0.4 is 10.5 Å². The molecular formula is C20H16N4O2S. The van der Waals surface area contributed by atoms with Crippen LogP contribution in [0.5, 0.6) is 11.6 Å². The fourth-order valence-electron chi connectivity index (χ4n) is 2.71. The number of aromatic nitrogens is 3. The number of nitrogens with zero attached hydrogens (tertiary/aromatic N) is 3. The van der Waals surface area contributed by atoms with Crippen molar-refractivity contribution in [2.75, 3.05) is 0 Å². The number of thiophene rings is 1. The van der Waals surface area contributed by atoms with E-state index in [4.69, 9.17) is 15.5 Å². The van der Waals surface area contributed by atoms with Crippen molar-refractivity contribution in [1.82, 2.24) is 15.0 Å². The average molecular weight is 376 g/mol. The van der Waals surface area contributed by atoms with Gasteiger partial charge in [0.05, 0.1) is 5.39 Å². The van der Waals surface area contributed by atoms with E-state index in [2.05, 4.69) is 16.9 Å². The van der Waals surface area contributed by atoms with Crippen molar-refractivity contribution in [2.24, 2.45) is 5.73 Å². The SMILES string of the molecule is Cc1sc2nc(-c3cccnc3)nc(Oc3ccc(C(N)=O)cc3)c2c1C. The topological polar surface area (TPSA) is 91.0 Å². The van der Waals surface area contributed by atoms with Crippen LogP contribution in [-0.2, 0) is 0 Å². The highest BCUT2D eigenvalue weighted by Crippen LogP contribution is 2.37. The van der Waals surface area contributed by atoms with Crippen molar-refractivity contribution in [1.29, 1.82) is 0 Å². The van der Waals surface area contributed by atoms with Crippen LogP contribution in [-0.4, -0.2) is 20.9 Å². The summed E-state index contributed by atoms with van der Waals surface area (Å²) in [6, 6.07) is 10.4. The van der Waals surface area contributed by atoms with Crippen molar-refractivity contribution < 1.29 is 9.53 Å². The lowest BCUT2D eigenvalue weighted by atomic mass is 10.2. The van der Waals surface area contributed by atoms with Gasteiger partial charge in [0.25, 0.3) is 0 Å². The van der Waals surface area contributed by atoms with Gasteiger partial charge in [0, 0.05) is 28.4 Å². The van der Waals surface area contributed by atoms with Crippen molar-refractivity contribution in [3.8, 4) is 23.0 Å². The molecule has 3 aromatic heterocycles. The molecule has 0 bridgehead atoms. The molecule has 0 radical (unpaired) electrons. The number of carbonyl (C=O) groups is 1. The highest BCUT2D eigenvalue weighted by Gasteiger charge is 2.17. The Balaban J connectivity index is 1.83. The van der Waals surface area contributed by atoms with Gasteiger partial charge in [-0.15, -0.1) is 11.3 Å². The number of nitrogens with two attached hydrogens (primary N) is 1. The average Bonchev–Trinajstić information content (AvgIpc) is 2.97. The molecule has 0 fully saturated rings. The van der Waals surface area contributed by atoms with Gasteiger partial charge in [0.2, 0.25) is 11.8 Å². The van der Waals surface area contributed by atoms with Crippen LogP contribution in [0.3, 0.4) is 0 Å². The van der Waals surface area contributed by atoms with E-state index in [0.29, 0.717) is 23.0 Å². The Morgan fingerprint density at radius 3 is 2.56 bits per heavy atom. The number of pyridine rings is 1. The number of aryl methyl sites for hydroxylation is 2. The van der Waals surface area contributed by atoms with Crippen molar-refractivity contribution in [2.45, 2.75) is 13.8 Å². The maximum atomic E-state index is 11.3. The van der Waals surface area contributed by atoms with Gasteiger partial charge in [-0.25, -0.2) is 4.98 Å². The zero-order valence-electron chi connectivity index (χ0n) is 14.8. The van der Waals surface area contributed by atoms with E-state index in [9.17, 15) is 4.79 Å². The first kappa shape index (κ1) is 17.1. The number of hydrogen-bond donors (Lipinski definition) is 1. The molecule has 0 aliphatic heterocycles. The van der Waals surface area contributed by atoms with Gasteiger partial charge < -0.3 is 10.5 Å². The largest absolute Gasteiger partial charge is 0.438 e. The van der Waals surface area contributed by atoms with E-state index < -0.39 is 5.91 Å². The molecule has 0 unspecified atom stereocenters. The molecule has 7 heteroatoms. The van der Waals surface area contributed by atoms with Crippen molar-refractivity contribution >= 4 is 27.5 Å². The smallest absolute Gasteiger partial charge is 0.248 e. The third kappa shape index (κ3) is 3.24. The fourth-order valence-corrected chi connectivity index (χ4v) is 3.73. The maximum absolute atomic E-state index is 11.3. The standard InChI is InChI=1S/C20H16N4O2S/c1-11-12(2)27-20-16(11)19(23-18(24-20)14-4-3-9-22-10-14)26-15-7-5-13(6-8-15)17(21)25/h3-10H,1-2H3,(H2,21,25). The van der Waals surface area contributed by atoms with Gasteiger partial charge >= 0.3 is 0 Å². The van der Waals surface area contributed by atoms with E-state index in [-0.39, 0.29) is 0 Å². The van der Waals surface area contributed by atoms with E-state index in [1.54, 1.807) is 48.0 Å². The first-order valence-corrected chi connectivity index (χ1v) is 9.10. The Labute approximate surface area is 159 Å². The van der Waals surface area contributed by atoms with Crippen molar-refractivity contribution in [3.63, 3.8) is 0 Å². The van der Waals surface area contributed by atoms with Crippen LogP contribution in [0.1, 0.15) is 20.8 Å². The monoisotopic (exact) mass is 376 g/mol. The lowest BCUT2D eigenvalue weighted by Gasteiger charge is -2.09. The number of benzene rings is 1. The number of rotatable bonds is 4. The molecule has 0 aliphatic carbocycles. The van der Waals surface area contributed by atoms with Gasteiger partial charge in [0.15, 0.2) is 5.82 Å². The molecule has 0 spiro atoms. The summed E-state index contributed by atoms with van der Waals surface area (Å²) in [6.45, 7) is 4.08. The Morgan fingerprint density at radius 1 is 1.11 bits per heavy atom. The van der Waals surface area contributed by atoms with Crippen LogP contribution in [0, 0.1) is 13.8 Å². The van der Waals surface area contributed by atoms with Gasteiger partial charge in [-0.1, -0.05) is 0 Å². The lowest BCUT2D eigenvalue weighted by Crippen LogP contribution is -2.10. The Kier molecular flexibility index (Phi) is 4.29. The summed E-state index contributed by atoms with van der Waals surface area (Å²) in [5.74, 6) is 1.13. The summed E-state index contributed by atoms with van der Waals surface area (Å²) in [5.41, 5.74) is 7.63. The Morgan fingerprint density at radius 2 is 1.89 bits per heavy atom. The number of ether oxygens (including phenoxy) is 1. The molecule has 4 rings (SSSR count). The second kappa shape index (κ2) is 6.77. The fraction of sp³-hybridized carbons (Fsp3) is 0.100. The molecule has 134 valence electrons. The molecule has 1 aromatic carbocycles. The molecule has 1 amide bonds. The highest BCUT2D eigenvalue weighted by atomic mass is 32.1. The molecular weight excluding hydrogens is 360 g/mol. The van der Waals surface area contributed by atoms with Gasteiger partial charge in [-0.3, -0.25) is 9.78 Å². The summed E-state index contributed by atoms with van der Waals surface area (Å²) in [5, 5.41) is 0.893. The van der Waals surface area contributed by atoms with Crippen LogP contribution in [0.15, 0.2) is 48.8 Å². The summed E-state index contributed by atoms with van der Waals surface area (Å²) in [4.78, 5) is 26.8. The number of fused-ring (bicyclic) bond motifs is 1. The minimum absolute atomic E-state index is 0.425. The summed E-state index contributed by atoms with van der Waals surface area (Å²) in [6.07, 6.45) is 3.43. The maximum Gasteiger partial charge on any atom is 0.248 e. The minimum atomic E-state index is -0.478. The Hall–Kier alpha value is -3.32. The van der Waals surface area contributed by atoms with Crippen LogP contribution >= 0.6 is 11.3 Å². The molecule has 3 heterocycles. The van der Waals surface area contributed by atoms with Gasteiger partial charge in [0.1, 0.15) is 10.6 Å². The van der Waals surface area contributed by atoms with Crippen molar-refractivity contribution in [3.05, 3.63) is 64.8 Å². The third-order valence-corrected chi connectivity index (χ3v) is 5.37. The molecule has 4 aromatic rings. The summed E-state index contributed by atoms with van der Waals surface area (Å²) < 4.78 is 6.07. The van der Waals surface area contributed by atoms with Crippen LogP contribution in [0.4, 0.5) is 0 Å². The first-order chi connectivity index (χ1) is 13.0. The minimum Gasteiger partial charge on any atom is -0.438 e. The van der Waals surface area contributed by atoms with Gasteiger partial charge in [-0.2, -0.15) is 4.98 Å². The van der Waals surface area contributed by atoms with Crippen LogP contribution in [0.25, 0.3) is 21.6 Å². The first-order valence-electron chi connectivity index (χ1n) is 8.29.